The molecule has 2 aromatic rings. The van der Waals surface area contributed by atoms with Crippen LogP contribution >= 0.6 is 0 Å². The Morgan fingerprint density at radius 2 is 2.14 bits per heavy atom. The van der Waals surface area contributed by atoms with Crippen LogP contribution in [0.15, 0.2) is 37.1 Å². The van der Waals surface area contributed by atoms with Gasteiger partial charge in [0.25, 0.3) is 0 Å². The van der Waals surface area contributed by atoms with Crippen LogP contribution in [0.2, 0.25) is 0 Å². The van der Waals surface area contributed by atoms with Gasteiger partial charge in [-0.15, -0.1) is 0 Å². The van der Waals surface area contributed by atoms with Crippen molar-refractivity contribution in [2.24, 2.45) is 0 Å². The van der Waals surface area contributed by atoms with Crippen LogP contribution in [0.5, 0.6) is 0 Å². The zero-order valence-corrected chi connectivity index (χ0v) is 12.5. The van der Waals surface area contributed by atoms with Gasteiger partial charge in [-0.05, 0) is 32.9 Å². The largest absolute Gasteiger partial charge is 0.444 e. The smallest absolute Gasteiger partial charge is 0.407 e. The van der Waals surface area contributed by atoms with Crippen molar-refractivity contribution in [3.05, 3.63) is 42.7 Å². The molecule has 2 heterocycles. The van der Waals surface area contributed by atoms with E-state index in [0.717, 1.165) is 11.4 Å². The van der Waals surface area contributed by atoms with E-state index in [4.69, 9.17) is 4.74 Å². The van der Waals surface area contributed by atoms with E-state index < -0.39 is 11.7 Å². The Bertz CT molecular complexity index is 587. The molecule has 0 aliphatic heterocycles. The maximum atomic E-state index is 11.6. The second-order valence-electron chi connectivity index (χ2n) is 5.64. The molecule has 0 bridgehead atoms. The summed E-state index contributed by atoms with van der Waals surface area (Å²) >= 11 is 0. The number of carbonyl (C=O) groups is 1. The zero-order chi connectivity index (χ0) is 15.3. The first-order valence-electron chi connectivity index (χ1n) is 6.84. The van der Waals surface area contributed by atoms with E-state index in [1.54, 1.807) is 24.9 Å². The van der Waals surface area contributed by atoms with Crippen molar-refractivity contribution in [3.8, 4) is 5.69 Å². The molecule has 0 radical (unpaired) electrons. The third kappa shape index (κ3) is 4.59. The van der Waals surface area contributed by atoms with Gasteiger partial charge in [0, 0.05) is 31.1 Å². The molecule has 1 N–H and O–H groups in total. The molecular formula is C15H20N4O2. The lowest BCUT2D eigenvalue weighted by molar-refractivity contribution is 0.0528. The molecule has 6 heteroatoms. The lowest BCUT2D eigenvalue weighted by atomic mass is 10.2. The van der Waals surface area contributed by atoms with Gasteiger partial charge in [-0.3, -0.25) is 4.98 Å². The van der Waals surface area contributed by atoms with Crippen molar-refractivity contribution < 1.29 is 9.53 Å². The van der Waals surface area contributed by atoms with Crippen molar-refractivity contribution in [2.75, 3.05) is 6.54 Å². The molecule has 0 fully saturated rings. The van der Waals surface area contributed by atoms with Crippen LogP contribution in [0.25, 0.3) is 5.69 Å². The fourth-order valence-electron chi connectivity index (χ4n) is 1.84. The van der Waals surface area contributed by atoms with Gasteiger partial charge >= 0.3 is 6.09 Å². The Morgan fingerprint density at radius 1 is 1.33 bits per heavy atom. The highest BCUT2D eigenvalue weighted by atomic mass is 16.6. The monoisotopic (exact) mass is 288 g/mol. The highest BCUT2D eigenvalue weighted by molar-refractivity contribution is 5.67. The second kappa shape index (κ2) is 6.39. The van der Waals surface area contributed by atoms with Crippen molar-refractivity contribution in [1.82, 2.24) is 19.9 Å². The van der Waals surface area contributed by atoms with E-state index in [-0.39, 0.29) is 0 Å². The summed E-state index contributed by atoms with van der Waals surface area (Å²) in [6.45, 7) is 6.00. The molecule has 0 aliphatic carbocycles. The fourth-order valence-corrected chi connectivity index (χ4v) is 1.84. The quantitative estimate of drug-likeness (QED) is 0.937. The first-order valence-corrected chi connectivity index (χ1v) is 6.84. The number of carbonyl (C=O) groups excluding carboxylic acids is 1. The number of hydrogen-bond acceptors (Lipinski definition) is 4. The molecule has 6 nitrogen and oxygen atoms in total. The topological polar surface area (TPSA) is 69.0 Å². The summed E-state index contributed by atoms with van der Waals surface area (Å²) in [7, 11) is 0. The van der Waals surface area contributed by atoms with Crippen LogP contribution in [-0.2, 0) is 11.2 Å². The molecule has 0 aliphatic rings. The molecular weight excluding hydrogens is 268 g/mol. The zero-order valence-electron chi connectivity index (χ0n) is 12.5. The summed E-state index contributed by atoms with van der Waals surface area (Å²) in [5, 5.41) is 2.74. The van der Waals surface area contributed by atoms with Gasteiger partial charge in [-0.1, -0.05) is 0 Å². The first-order chi connectivity index (χ1) is 9.96. The highest BCUT2D eigenvalue weighted by Crippen LogP contribution is 2.10. The van der Waals surface area contributed by atoms with Crippen molar-refractivity contribution in [2.45, 2.75) is 32.8 Å². The number of aromatic nitrogens is 3. The van der Waals surface area contributed by atoms with Crippen molar-refractivity contribution >= 4 is 6.09 Å². The maximum absolute atomic E-state index is 11.6. The Balaban J connectivity index is 1.91. The number of nitrogens with one attached hydrogen (secondary N) is 1. The van der Waals surface area contributed by atoms with Gasteiger partial charge < -0.3 is 14.6 Å². The minimum atomic E-state index is -0.485. The molecule has 0 atom stereocenters. The molecule has 21 heavy (non-hydrogen) atoms. The molecule has 0 saturated carbocycles. The van der Waals surface area contributed by atoms with Crippen LogP contribution in [0.3, 0.4) is 0 Å². The predicted molar refractivity (Wildman–Crippen MR) is 79.3 cm³/mol. The molecule has 0 saturated heterocycles. The van der Waals surface area contributed by atoms with E-state index in [2.05, 4.69) is 15.3 Å². The summed E-state index contributed by atoms with van der Waals surface area (Å²) < 4.78 is 7.14. The number of imidazole rings is 1. The van der Waals surface area contributed by atoms with Gasteiger partial charge in [-0.25, -0.2) is 9.78 Å². The molecule has 0 spiro atoms. The van der Waals surface area contributed by atoms with Crippen LogP contribution in [0, 0.1) is 0 Å². The van der Waals surface area contributed by atoms with Gasteiger partial charge in [0.05, 0.1) is 18.2 Å². The predicted octanol–water partition coefficient (Wildman–Crippen LogP) is 2.33. The van der Waals surface area contributed by atoms with Gasteiger partial charge in [-0.2, -0.15) is 0 Å². The maximum Gasteiger partial charge on any atom is 0.407 e. The van der Waals surface area contributed by atoms with Crippen molar-refractivity contribution in [1.29, 1.82) is 0 Å². The third-order valence-corrected chi connectivity index (χ3v) is 2.69. The standard InChI is InChI=1S/C15H20N4O2/c1-15(2,3)21-14(20)18-8-6-13-10-17-11-19(13)12-5-4-7-16-9-12/h4-5,7,9-11H,6,8H2,1-3H3,(H,18,20). The summed E-state index contributed by atoms with van der Waals surface area (Å²) in [5.74, 6) is 0. The Hall–Kier alpha value is -2.37. The molecule has 0 aromatic carbocycles. The Morgan fingerprint density at radius 3 is 2.81 bits per heavy atom. The van der Waals surface area contributed by atoms with Crippen LogP contribution < -0.4 is 5.32 Å². The van der Waals surface area contributed by atoms with E-state index in [0.29, 0.717) is 13.0 Å². The minimum Gasteiger partial charge on any atom is -0.444 e. The normalized spacial score (nSPS) is 11.2. The lowest BCUT2D eigenvalue weighted by Gasteiger charge is -2.19. The van der Waals surface area contributed by atoms with E-state index in [1.807, 2.05) is 37.5 Å². The van der Waals surface area contributed by atoms with E-state index in [9.17, 15) is 4.79 Å². The molecule has 112 valence electrons. The summed E-state index contributed by atoms with van der Waals surface area (Å²) in [4.78, 5) is 19.8. The SMILES string of the molecule is CC(C)(C)OC(=O)NCCc1cncn1-c1cccnc1. The Labute approximate surface area is 124 Å². The number of alkyl carbamates (subject to hydrolysis) is 1. The van der Waals surface area contributed by atoms with Crippen molar-refractivity contribution in [3.63, 3.8) is 0 Å². The number of amides is 1. The van der Waals surface area contributed by atoms with Gasteiger partial charge in [0.1, 0.15) is 5.60 Å². The third-order valence-electron chi connectivity index (χ3n) is 2.69. The lowest BCUT2D eigenvalue weighted by Crippen LogP contribution is -2.33. The summed E-state index contributed by atoms with van der Waals surface area (Å²) in [5.41, 5.74) is 1.46. The number of pyridine rings is 1. The van der Waals surface area contributed by atoms with Crippen LogP contribution in [-0.4, -0.2) is 32.8 Å². The average Bonchev–Trinajstić information content (AvgIpc) is 2.86. The number of nitrogens with zero attached hydrogens (tertiary/aromatic N) is 3. The van der Waals surface area contributed by atoms with E-state index >= 15 is 0 Å². The number of ether oxygens (including phenoxy) is 1. The van der Waals surface area contributed by atoms with E-state index in [1.165, 1.54) is 0 Å². The highest BCUT2D eigenvalue weighted by Gasteiger charge is 2.15. The summed E-state index contributed by atoms with van der Waals surface area (Å²) in [6.07, 6.45) is 7.27. The molecule has 2 rings (SSSR count). The molecule has 0 unspecified atom stereocenters. The van der Waals surface area contributed by atoms with Gasteiger partial charge in [0.15, 0.2) is 0 Å². The molecule has 1 amide bonds. The molecule has 2 aromatic heterocycles. The second-order valence-corrected chi connectivity index (χ2v) is 5.64. The van der Waals surface area contributed by atoms with Crippen LogP contribution in [0.1, 0.15) is 26.5 Å². The summed E-state index contributed by atoms with van der Waals surface area (Å²) in [6, 6.07) is 3.83. The van der Waals surface area contributed by atoms with Crippen LogP contribution in [0.4, 0.5) is 4.79 Å². The number of rotatable bonds is 4. The average molecular weight is 288 g/mol. The number of hydrogen-bond donors (Lipinski definition) is 1. The first kappa shape index (κ1) is 15.0. The Kier molecular flexibility index (Phi) is 4.57. The fraction of sp³-hybridized carbons (Fsp3) is 0.400. The van der Waals surface area contributed by atoms with Gasteiger partial charge in [0.2, 0.25) is 0 Å². The minimum absolute atomic E-state index is 0.407.